The molecule has 6 nitrogen and oxygen atoms in total. The molecule has 0 aromatic heterocycles. The van der Waals surface area contributed by atoms with E-state index in [1.165, 1.54) is 24.7 Å². The van der Waals surface area contributed by atoms with Crippen LogP contribution in [0, 0.1) is 0 Å². The monoisotopic (exact) mass is 388 g/mol. The van der Waals surface area contributed by atoms with Gasteiger partial charge in [0, 0.05) is 20.1 Å². The van der Waals surface area contributed by atoms with Crippen LogP contribution < -0.4 is 4.74 Å². The first kappa shape index (κ1) is 19.4. The highest BCUT2D eigenvalue weighted by Gasteiger charge is 2.27. The fourth-order valence-electron chi connectivity index (χ4n) is 3.14. The van der Waals surface area contributed by atoms with E-state index in [-0.39, 0.29) is 17.3 Å². The molecule has 1 aliphatic rings. The Hall–Kier alpha value is -2.38. The van der Waals surface area contributed by atoms with E-state index in [1.54, 1.807) is 17.0 Å². The first-order valence-corrected chi connectivity index (χ1v) is 10.4. The Bertz CT molecular complexity index is 910. The Morgan fingerprint density at radius 2 is 1.78 bits per heavy atom. The summed E-state index contributed by atoms with van der Waals surface area (Å²) in [4.78, 5) is 14.5. The number of fused-ring (bicyclic) bond motifs is 1. The lowest BCUT2D eigenvalue weighted by molar-refractivity contribution is -0.132. The van der Waals surface area contributed by atoms with Gasteiger partial charge < -0.3 is 9.64 Å². The van der Waals surface area contributed by atoms with Gasteiger partial charge in [0.15, 0.2) is 0 Å². The van der Waals surface area contributed by atoms with Crippen molar-refractivity contribution in [3.63, 3.8) is 0 Å². The molecule has 1 heterocycles. The largest absolute Gasteiger partial charge is 0.494 e. The minimum Gasteiger partial charge on any atom is -0.494 e. The zero-order valence-electron chi connectivity index (χ0n) is 15.6. The summed E-state index contributed by atoms with van der Waals surface area (Å²) in [6.45, 7) is 3.32. The van der Waals surface area contributed by atoms with E-state index in [1.807, 2.05) is 25.1 Å². The number of hydrogen-bond acceptors (Lipinski definition) is 4. The summed E-state index contributed by atoms with van der Waals surface area (Å²) < 4.78 is 31.9. The molecular weight excluding hydrogens is 364 g/mol. The Balaban J connectivity index is 1.67. The standard InChI is InChI=1S/C20H24N2O4S/c1-3-26-18-8-10-19(11-9-18)27(24,25)21(2)15-20(23)22-13-12-16-6-4-5-7-17(16)14-22/h4-11H,3,12-15H2,1-2H3. The number of carbonyl (C=O) groups excluding carboxylic acids is 1. The molecule has 0 fully saturated rings. The number of ether oxygens (including phenoxy) is 1. The van der Waals surface area contributed by atoms with Crippen molar-refractivity contribution in [2.24, 2.45) is 0 Å². The Kier molecular flexibility index (Phi) is 5.82. The average molecular weight is 388 g/mol. The maximum Gasteiger partial charge on any atom is 0.243 e. The Morgan fingerprint density at radius 1 is 1.11 bits per heavy atom. The summed E-state index contributed by atoms with van der Waals surface area (Å²) in [6, 6.07) is 14.3. The molecule has 0 spiro atoms. The topological polar surface area (TPSA) is 66.9 Å². The maximum atomic E-state index is 12.7. The zero-order valence-corrected chi connectivity index (χ0v) is 16.4. The quantitative estimate of drug-likeness (QED) is 0.762. The highest BCUT2D eigenvalue weighted by atomic mass is 32.2. The van der Waals surface area contributed by atoms with Crippen molar-refractivity contribution in [2.75, 3.05) is 26.7 Å². The van der Waals surface area contributed by atoms with E-state index in [0.717, 1.165) is 16.3 Å². The number of hydrogen-bond donors (Lipinski definition) is 0. The van der Waals surface area contributed by atoms with Gasteiger partial charge in [-0.25, -0.2) is 8.42 Å². The van der Waals surface area contributed by atoms with Crippen molar-refractivity contribution in [1.82, 2.24) is 9.21 Å². The molecule has 0 aliphatic carbocycles. The fraction of sp³-hybridized carbons (Fsp3) is 0.350. The molecule has 27 heavy (non-hydrogen) atoms. The van der Waals surface area contributed by atoms with Crippen LogP contribution in [0.2, 0.25) is 0 Å². The molecule has 0 N–H and O–H groups in total. The van der Waals surface area contributed by atoms with Gasteiger partial charge in [-0.3, -0.25) is 4.79 Å². The van der Waals surface area contributed by atoms with Gasteiger partial charge >= 0.3 is 0 Å². The summed E-state index contributed by atoms with van der Waals surface area (Å²) in [5.41, 5.74) is 2.37. The smallest absolute Gasteiger partial charge is 0.243 e. The third kappa shape index (κ3) is 4.31. The molecule has 1 amide bonds. The second-order valence-electron chi connectivity index (χ2n) is 6.50. The minimum atomic E-state index is -3.73. The number of benzene rings is 2. The molecule has 144 valence electrons. The highest BCUT2D eigenvalue weighted by Crippen LogP contribution is 2.21. The molecule has 0 bridgehead atoms. The van der Waals surface area contributed by atoms with Crippen LogP contribution in [0.4, 0.5) is 0 Å². The minimum absolute atomic E-state index is 0.144. The van der Waals surface area contributed by atoms with Crippen molar-refractivity contribution in [3.05, 3.63) is 59.7 Å². The van der Waals surface area contributed by atoms with E-state index in [4.69, 9.17) is 4.74 Å². The van der Waals surface area contributed by atoms with Crippen LogP contribution in [0.3, 0.4) is 0 Å². The molecule has 0 atom stereocenters. The van der Waals surface area contributed by atoms with E-state index in [0.29, 0.717) is 25.4 Å². The van der Waals surface area contributed by atoms with Crippen molar-refractivity contribution >= 4 is 15.9 Å². The van der Waals surface area contributed by atoms with Crippen LogP contribution in [-0.4, -0.2) is 50.3 Å². The van der Waals surface area contributed by atoms with Crippen LogP contribution in [0.15, 0.2) is 53.4 Å². The molecule has 1 aliphatic heterocycles. The van der Waals surface area contributed by atoms with Gasteiger partial charge in [0.2, 0.25) is 15.9 Å². The summed E-state index contributed by atoms with van der Waals surface area (Å²) in [5.74, 6) is 0.420. The molecule has 0 saturated heterocycles. The Labute approximate surface area is 160 Å². The SMILES string of the molecule is CCOc1ccc(S(=O)(=O)N(C)CC(=O)N2CCc3ccccc3C2)cc1. The highest BCUT2D eigenvalue weighted by molar-refractivity contribution is 7.89. The number of rotatable bonds is 6. The number of amides is 1. The van der Waals surface area contributed by atoms with Gasteiger partial charge in [0.25, 0.3) is 0 Å². The van der Waals surface area contributed by atoms with Crippen molar-refractivity contribution in [1.29, 1.82) is 0 Å². The van der Waals surface area contributed by atoms with Gasteiger partial charge in [-0.05, 0) is 48.7 Å². The second kappa shape index (κ2) is 8.10. The zero-order chi connectivity index (χ0) is 19.4. The summed E-state index contributed by atoms with van der Waals surface area (Å²) >= 11 is 0. The van der Waals surface area contributed by atoms with Gasteiger partial charge in [-0.2, -0.15) is 4.31 Å². The first-order chi connectivity index (χ1) is 12.9. The number of carbonyl (C=O) groups is 1. The summed E-state index contributed by atoms with van der Waals surface area (Å²) in [7, 11) is -2.30. The van der Waals surface area contributed by atoms with E-state index < -0.39 is 10.0 Å². The normalized spacial score (nSPS) is 14.1. The van der Waals surface area contributed by atoms with E-state index in [9.17, 15) is 13.2 Å². The first-order valence-electron chi connectivity index (χ1n) is 8.95. The lowest BCUT2D eigenvalue weighted by atomic mass is 10.00. The van der Waals surface area contributed by atoms with Crippen LogP contribution in [0.1, 0.15) is 18.1 Å². The van der Waals surface area contributed by atoms with Gasteiger partial charge in [0.05, 0.1) is 18.0 Å². The van der Waals surface area contributed by atoms with Crippen LogP contribution in [-0.2, 0) is 27.8 Å². The predicted molar refractivity (Wildman–Crippen MR) is 103 cm³/mol. The molecule has 7 heteroatoms. The summed E-state index contributed by atoms with van der Waals surface area (Å²) in [6.07, 6.45) is 0.789. The second-order valence-corrected chi connectivity index (χ2v) is 8.54. The van der Waals surface area contributed by atoms with Crippen molar-refractivity contribution in [2.45, 2.75) is 24.8 Å². The molecule has 0 radical (unpaired) electrons. The predicted octanol–water partition coefficient (Wildman–Crippen LogP) is 2.29. The summed E-state index contributed by atoms with van der Waals surface area (Å²) in [5, 5.41) is 0. The third-order valence-electron chi connectivity index (χ3n) is 4.68. The van der Waals surface area contributed by atoms with E-state index in [2.05, 4.69) is 6.07 Å². The van der Waals surface area contributed by atoms with Crippen molar-refractivity contribution in [3.8, 4) is 5.75 Å². The lowest BCUT2D eigenvalue weighted by Gasteiger charge is -2.30. The Morgan fingerprint density at radius 3 is 2.44 bits per heavy atom. The molecule has 3 rings (SSSR count). The van der Waals surface area contributed by atoms with Gasteiger partial charge in [-0.1, -0.05) is 24.3 Å². The van der Waals surface area contributed by atoms with Gasteiger partial charge in [-0.15, -0.1) is 0 Å². The molecule has 0 saturated carbocycles. The molecule has 0 unspecified atom stereocenters. The van der Waals surface area contributed by atoms with Gasteiger partial charge in [0.1, 0.15) is 5.75 Å². The average Bonchev–Trinajstić information content (AvgIpc) is 2.68. The van der Waals surface area contributed by atoms with Crippen LogP contribution in [0.5, 0.6) is 5.75 Å². The third-order valence-corrected chi connectivity index (χ3v) is 6.50. The van der Waals surface area contributed by atoms with Crippen LogP contribution >= 0.6 is 0 Å². The lowest BCUT2D eigenvalue weighted by Crippen LogP contribution is -2.43. The van der Waals surface area contributed by atoms with Crippen LogP contribution in [0.25, 0.3) is 0 Å². The maximum absolute atomic E-state index is 12.7. The van der Waals surface area contributed by atoms with Crippen molar-refractivity contribution < 1.29 is 17.9 Å². The fourth-order valence-corrected chi connectivity index (χ4v) is 4.26. The molecule has 2 aromatic carbocycles. The molecular formula is C20H24N2O4S. The van der Waals surface area contributed by atoms with E-state index >= 15 is 0 Å². The number of nitrogens with zero attached hydrogens (tertiary/aromatic N) is 2. The number of likely N-dealkylation sites (N-methyl/N-ethyl adjacent to an activating group) is 1. The molecule has 2 aromatic rings. The number of sulfonamides is 1.